The third-order valence-electron chi connectivity index (χ3n) is 4.40. The molecule has 0 atom stereocenters. The minimum absolute atomic E-state index is 0.0401. The topological polar surface area (TPSA) is 110 Å². The van der Waals surface area contributed by atoms with Gasteiger partial charge >= 0.3 is 0 Å². The van der Waals surface area contributed by atoms with Crippen molar-refractivity contribution in [3.63, 3.8) is 0 Å². The number of alkyl halides is 1. The third kappa shape index (κ3) is 2.97. The number of carbonyl (C=O) groups excluding carboxylic acids is 1. The zero-order valence-corrected chi connectivity index (χ0v) is 16.0. The fraction of sp³-hybridized carbons (Fsp3) is 0.105. The minimum atomic E-state index is -0.515. The molecule has 27 heavy (non-hydrogen) atoms. The summed E-state index contributed by atoms with van der Waals surface area (Å²) in [6, 6.07) is 12.8. The maximum Gasteiger partial charge on any atom is 0.248 e. The Morgan fingerprint density at radius 3 is 2.67 bits per heavy atom. The largest absolute Gasteiger partial charge is 0.504 e. The summed E-state index contributed by atoms with van der Waals surface area (Å²) >= 11 is 3.42. The first kappa shape index (κ1) is 17.3. The van der Waals surface area contributed by atoms with E-state index < -0.39 is 5.91 Å². The number of carbonyl (C=O) groups is 1. The number of hydrogen-bond donors (Lipinski definition) is 3. The number of rotatable bonds is 4. The van der Waals surface area contributed by atoms with Gasteiger partial charge in [-0.25, -0.2) is 4.98 Å². The van der Waals surface area contributed by atoms with Crippen molar-refractivity contribution in [3.8, 4) is 28.5 Å². The van der Waals surface area contributed by atoms with E-state index in [4.69, 9.17) is 5.73 Å². The first-order valence-electron chi connectivity index (χ1n) is 8.19. The smallest absolute Gasteiger partial charge is 0.248 e. The van der Waals surface area contributed by atoms with Gasteiger partial charge in [-0.1, -0.05) is 40.2 Å². The molecule has 7 nitrogen and oxygen atoms in total. The van der Waals surface area contributed by atoms with Gasteiger partial charge in [-0.05, 0) is 23.8 Å². The minimum Gasteiger partial charge on any atom is -0.504 e. The fourth-order valence-electron chi connectivity index (χ4n) is 3.00. The van der Waals surface area contributed by atoms with E-state index in [0.717, 1.165) is 22.0 Å². The molecule has 0 bridgehead atoms. The zero-order valence-electron chi connectivity index (χ0n) is 14.4. The van der Waals surface area contributed by atoms with Crippen LogP contribution >= 0.6 is 15.9 Å². The van der Waals surface area contributed by atoms with Gasteiger partial charge in [0.05, 0.1) is 11.0 Å². The second-order valence-electron chi connectivity index (χ2n) is 6.18. The van der Waals surface area contributed by atoms with Crippen LogP contribution in [0.2, 0.25) is 0 Å². The first-order valence-corrected chi connectivity index (χ1v) is 9.31. The highest BCUT2D eigenvalue weighted by Gasteiger charge is 2.21. The number of nitrogens with two attached hydrogens (primary N) is 1. The van der Waals surface area contributed by atoms with Crippen LogP contribution in [0.1, 0.15) is 15.9 Å². The lowest BCUT2D eigenvalue weighted by Gasteiger charge is -2.00. The van der Waals surface area contributed by atoms with Gasteiger partial charge in [0.15, 0.2) is 11.6 Å². The highest BCUT2D eigenvalue weighted by Crippen LogP contribution is 2.37. The molecule has 0 aliphatic heterocycles. The highest BCUT2D eigenvalue weighted by atomic mass is 79.9. The Kier molecular flexibility index (Phi) is 4.19. The summed E-state index contributed by atoms with van der Waals surface area (Å²) in [6.45, 7) is 0. The molecule has 8 heteroatoms. The summed E-state index contributed by atoms with van der Waals surface area (Å²) in [5.74, 6) is -0.0141. The number of nitrogens with zero attached hydrogens (tertiary/aromatic N) is 3. The van der Waals surface area contributed by atoms with Gasteiger partial charge in [-0.3, -0.25) is 9.48 Å². The number of aromatic amines is 1. The van der Waals surface area contributed by atoms with E-state index in [-0.39, 0.29) is 5.75 Å². The van der Waals surface area contributed by atoms with E-state index >= 15 is 0 Å². The van der Waals surface area contributed by atoms with Crippen molar-refractivity contribution in [2.45, 2.75) is 5.33 Å². The number of fused-ring (bicyclic) bond motifs is 1. The van der Waals surface area contributed by atoms with Gasteiger partial charge < -0.3 is 15.8 Å². The molecule has 4 rings (SSSR count). The molecule has 2 aromatic carbocycles. The molecule has 2 heterocycles. The predicted molar refractivity (Wildman–Crippen MR) is 107 cm³/mol. The monoisotopic (exact) mass is 425 g/mol. The van der Waals surface area contributed by atoms with Crippen molar-refractivity contribution in [1.29, 1.82) is 0 Å². The summed E-state index contributed by atoms with van der Waals surface area (Å²) in [5, 5.41) is 16.0. The summed E-state index contributed by atoms with van der Waals surface area (Å²) < 4.78 is 1.58. The molecule has 136 valence electrons. The van der Waals surface area contributed by atoms with Crippen molar-refractivity contribution in [1.82, 2.24) is 19.7 Å². The number of primary amides is 1. The highest BCUT2D eigenvalue weighted by molar-refractivity contribution is 9.08. The lowest BCUT2D eigenvalue weighted by Crippen LogP contribution is -2.10. The Bertz CT molecular complexity index is 1160. The molecule has 0 aliphatic carbocycles. The van der Waals surface area contributed by atoms with E-state index in [2.05, 4.69) is 31.0 Å². The van der Waals surface area contributed by atoms with Crippen molar-refractivity contribution in [3.05, 3.63) is 53.6 Å². The molecule has 0 saturated heterocycles. The van der Waals surface area contributed by atoms with Crippen LogP contribution in [-0.4, -0.2) is 30.8 Å². The van der Waals surface area contributed by atoms with Gasteiger partial charge in [0.2, 0.25) is 5.91 Å². The Balaban J connectivity index is 1.81. The SMILES string of the molecule is Cn1nc(-c2ccc(CBr)cc2)c(O)c1-c1nc2cc(C(N)=O)ccc2[nH]1. The average molecular weight is 426 g/mol. The number of aryl methyl sites for hydroxylation is 1. The van der Waals surface area contributed by atoms with Crippen LogP contribution < -0.4 is 5.73 Å². The summed E-state index contributed by atoms with van der Waals surface area (Å²) in [6.07, 6.45) is 0. The van der Waals surface area contributed by atoms with Crippen molar-refractivity contribution < 1.29 is 9.90 Å². The van der Waals surface area contributed by atoms with E-state index in [1.54, 1.807) is 29.9 Å². The number of imidazole rings is 1. The van der Waals surface area contributed by atoms with E-state index in [1.165, 1.54) is 0 Å². The fourth-order valence-corrected chi connectivity index (χ4v) is 3.37. The van der Waals surface area contributed by atoms with Crippen LogP contribution in [0.5, 0.6) is 5.75 Å². The van der Waals surface area contributed by atoms with Crippen LogP contribution in [0, 0.1) is 0 Å². The molecule has 0 saturated carbocycles. The third-order valence-corrected chi connectivity index (χ3v) is 5.04. The second kappa shape index (κ2) is 6.55. The van der Waals surface area contributed by atoms with Gasteiger partial charge in [0.25, 0.3) is 0 Å². The molecule has 2 aromatic heterocycles. The standard InChI is InChI=1S/C19H16BrN5O2/c1-25-16(17(26)15(24-25)11-4-2-10(9-20)3-5-11)19-22-13-7-6-12(18(21)27)8-14(13)23-19/h2-8,26H,9H2,1H3,(H2,21,27)(H,22,23). The summed E-state index contributed by atoms with van der Waals surface area (Å²) in [5.41, 5.74) is 9.92. The van der Waals surface area contributed by atoms with Gasteiger partial charge in [0.1, 0.15) is 11.4 Å². The molecular formula is C19H16BrN5O2. The summed E-state index contributed by atoms with van der Waals surface area (Å²) in [4.78, 5) is 19.0. The van der Waals surface area contributed by atoms with E-state index in [9.17, 15) is 9.90 Å². The molecule has 0 aliphatic rings. The summed E-state index contributed by atoms with van der Waals surface area (Å²) in [7, 11) is 1.74. The number of aromatic hydroxyl groups is 1. The number of halogens is 1. The number of benzene rings is 2. The van der Waals surface area contributed by atoms with Crippen LogP contribution in [0.15, 0.2) is 42.5 Å². The quantitative estimate of drug-likeness (QED) is 0.435. The van der Waals surface area contributed by atoms with Crippen molar-refractivity contribution in [2.24, 2.45) is 12.8 Å². The maximum absolute atomic E-state index is 11.4. The Labute approximate surface area is 163 Å². The first-order chi connectivity index (χ1) is 13.0. The van der Waals surface area contributed by atoms with Crippen LogP contribution in [-0.2, 0) is 12.4 Å². The van der Waals surface area contributed by atoms with Gasteiger partial charge in [-0.2, -0.15) is 5.10 Å². The lowest BCUT2D eigenvalue weighted by atomic mass is 10.1. The number of amides is 1. The number of hydrogen-bond acceptors (Lipinski definition) is 4. The Morgan fingerprint density at radius 2 is 2.00 bits per heavy atom. The van der Waals surface area contributed by atoms with E-state index in [1.807, 2.05) is 24.3 Å². The zero-order chi connectivity index (χ0) is 19.1. The van der Waals surface area contributed by atoms with Crippen molar-refractivity contribution in [2.75, 3.05) is 0 Å². The van der Waals surface area contributed by atoms with E-state index in [0.29, 0.717) is 28.3 Å². The number of H-pyrrole nitrogens is 1. The average Bonchev–Trinajstić information content (AvgIpc) is 3.21. The Hall–Kier alpha value is -3.13. The molecular weight excluding hydrogens is 410 g/mol. The molecule has 4 N–H and O–H groups in total. The Morgan fingerprint density at radius 1 is 1.26 bits per heavy atom. The predicted octanol–water partition coefficient (Wildman–Crippen LogP) is 3.33. The second-order valence-corrected chi connectivity index (χ2v) is 6.74. The molecule has 0 fully saturated rings. The molecule has 0 spiro atoms. The maximum atomic E-state index is 11.4. The normalized spacial score (nSPS) is 11.2. The number of nitrogens with one attached hydrogen (secondary N) is 1. The lowest BCUT2D eigenvalue weighted by molar-refractivity contribution is 0.100. The van der Waals surface area contributed by atoms with Gasteiger partial charge in [0, 0.05) is 23.5 Å². The molecule has 0 unspecified atom stereocenters. The van der Waals surface area contributed by atoms with Crippen LogP contribution in [0.3, 0.4) is 0 Å². The molecule has 1 amide bonds. The molecule has 0 radical (unpaired) electrons. The number of aromatic nitrogens is 4. The molecule has 4 aromatic rings. The van der Waals surface area contributed by atoms with Gasteiger partial charge in [-0.15, -0.1) is 0 Å². The van der Waals surface area contributed by atoms with Crippen LogP contribution in [0.4, 0.5) is 0 Å². The van der Waals surface area contributed by atoms with Crippen LogP contribution in [0.25, 0.3) is 33.8 Å². The van der Waals surface area contributed by atoms with Crippen molar-refractivity contribution >= 4 is 32.9 Å².